The SMILES string of the molecule is C[C@H](NC(=O)c1cn(CCN)nn1)c1ccc(Cl)cc1. The van der Waals surface area contributed by atoms with Crippen LogP contribution in [0.2, 0.25) is 5.02 Å². The van der Waals surface area contributed by atoms with Crippen LogP contribution in [0.5, 0.6) is 0 Å². The molecule has 1 atom stereocenters. The van der Waals surface area contributed by atoms with Gasteiger partial charge in [0, 0.05) is 11.6 Å². The Balaban J connectivity index is 2.01. The summed E-state index contributed by atoms with van der Waals surface area (Å²) in [6.45, 7) is 2.88. The molecular weight excluding hydrogens is 278 g/mol. The Kier molecular flexibility index (Phi) is 4.70. The second-order valence-corrected chi connectivity index (χ2v) is 4.84. The number of carbonyl (C=O) groups excluding carboxylic acids is 1. The van der Waals surface area contributed by atoms with Crippen LogP contribution in [0.4, 0.5) is 0 Å². The molecule has 0 radical (unpaired) electrons. The molecule has 2 rings (SSSR count). The first-order valence-electron chi connectivity index (χ1n) is 6.26. The standard InChI is InChI=1S/C13H16ClN5O/c1-9(10-2-4-11(14)5-3-10)16-13(20)12-8-19(7-6-15)18-17-12/h2-5,8-9H,6-7,15H2,1H3,(H,16,20)/t9-/m0/s1. The smallest absolute Gasteiger partial charge is 0.273 e. The van der Waals surface area contributed by atoms with E-state index >= 15 is 0 Å². The molecule has 0 aliphatic rings. The van der Waals surface area contributed by atoms with Crippen LogP contribution in [0.15, 0.2) is 30.5 Å². The van der Waals surface area contributed by atoms with Crippen LogP contribution in [0, 0.1) is 0 Å². The maximum atomic E-state index is 12.0. The highest BCUT2D eigenvalue weighted by molar-refractivity contribution is 6.30. The zero-order chi connectivity index (χ0) is 14.5. The minimum absolute atomic E-state index is 0.139. The van der Waals surface area contributed by atoms with E-state index in [0.717, 1.165) is 5.56 Å². The monoisotopic (exact) mass is 293 g/mol. The first-order valence-corrected chi connectivity index (χ1v) is 6.64. The van der Waals surface area contributed by atoms with E-state index in [4.69, 9.17) is 17.3 Å². The van der Waals surface area contributed by atoms with Gasteiger partial charge in [0.05, 0.1) is 18.8 Å². The van der Waals surface area contributed by atoms with Gasteiger partial charge >= 0.3 is 0 Å². The van der Waals surface area contributed by atoms with Gasteiger partial charge in [0.2, 0.25) is 0 Å². The van der Waals surface area contributed by atoms with Gasteiger partial charge in [-0.15, -0.1) is 5.10 Å². The Morgan fingerprint density at radius 1 is 1.45 bits per heavy atom. The van der Waals surface area contributed by atoms with Crippen LogP contribution in [-0.2, 0) is 6.54 Å². The third kappa shape index (κ3) is 3.55. The molecule has 0 aliphatic heterocycles. The first kappa shape index (κ1) is 14.5. The molecule has 0 spiro atoms. The van der Waals surface area contributed by atoms with Crippen molar-refractivity contribution in [2.75, 3.05) is 6.54 Å². The number of hydrogen-bond donors (Lipinski definition) is 2. The second-order valence-electron chi connectivity index (χ2n) is 4.40. The van der Waals surface area contributed by atoms with E-state index in [-0.39, 0.29) is 17.6 Å². The lowest BCUT2D eigenvalue weighted by Gasteiger charge is -2.13. The number of benzene rings is 1. The number of nitrogens with zero attached hydrogens (tertiary/aromatic N) is 3. The quantitative estimate of drug-likeness (QED) is 0.872. The van der Waals surface area contributed by atoms with Crippen LogP contribution in [0.25, 0.3) is 0 Å². The van der Waals surface area contributed by atoms with Gasteiger partial charge in [-0.25, -0.2) is 0 Å². The zero-order valence-electron chi connectivity index (χ0n) is 11.1. The molecular formula is C13H16ClN5O. The summed E-state index contributed by atoms with van der Waals surface area (Å²) in [5.41, 5.74) is 6.66. The average molecular weight is 294 g/mol. The van der Waals surface area contributed by atoms with Crippen LogP contribution in [-0.4, -0.2) is 27.4 Å². The number of nitrogens with two attached hydrogens (primary N) is 1. The molecule has 1 heterocycles. The Morgan fingerprint density at radius 2 is 2.15 bits per heavy atom. The lowest BCUT2D eigenvalue weighted by molar-refractivity contribution is 0.0934. The number of hydrogen-bond acceptors (Lipinski definition) is 4. The summed E-state index contributed by atoms with van der Waals surface area (Å²) in [6.07, 6.45) is 1.58. The lowest BCUT2D eigenvalue weighted by atomic mass is 10.1. The third-order valence-corrected chi connectivity index (χ3v) is 3.10. The van der Waals surface area contributed by atoms with Crippen molar-refractivity contribution < 1.29 is 4.79 Å². The summed E-state index contributed by atoms with van der Waals surface area (Å²) in [5, 5.41) is 11.2. The molecule has 7 heteroatoms. The molecule has 0 fully saturated rings. The number of rotatable bonds is 5. The van der Waals surface area contributed by atoms with Crippen LogP contribution in [0.1, 0.15) is 29.0 Å². The molecule has 1 aromatic heterocycles. The van der Waals surface area contributed by atoms with Gasteiger partial charge < -0.3 is 11.1 Å². The fourth-order valence-electron chi connectivity index (χ4n) is 1.75. The minimum atomic E-state index is -0.268. The number of nitrogens with one attached hydrogen (secondary N) is 1. The number of carbonyl (C=O) groups is 1. The highest BCUT2D eigenvalue weighted by Crippen LogP contribution is 2.16. The Hall–Kier alpha value is -1.92. The molecule has 0 unspecified atom stereocenters. The largest absolute Gasteiger partial charge is 0.344 e. The summed E-state index contributed by atoms with van der Waals surface area (Å²) < 4.78 is 1.54. The Morgan fingerprint density at radius 3 is 2.80 bits per heavy atom. The maximum Gasteiger partial charge on any atom is 0.273 e. The van der Waals surface area contributed by atoms with Crippen molar-refractivity contribution in [2.24, 2.45) is 5.73 Å². The van der Waals surface area contributed by atoms with Gasteiger partial charge in [-0.1, -0.05) is 28.9 Å². The fraction of sp³-hybridized carbons (Fsp3) is 0.308. The number of aromatic nitrogens is 3. The maximum absolute atomic E-state index is 12.0. The number of halogens is 1. The molecule has 1 aromatic carbocycles. The van der Waals surface area contributed by atoms with Gasteiger partial charge in [-0.2, -0.15) is 0 Å². The van der Waals surface area contributed by atoms with Crippen LogP contribution in [0.3, 0.4) is 0 Å². The molecule has 1 amide bonds. The van der Waals surface area contributed by atoms with Gasteiger partial charge in [0.25, 0.3) is 5.91 Å². The van der Waals surface area contributed by atoms with Crippen molar-refractivity contribution in [3.63, 3.8) is 0 Å². The van der Waals surface area contributed by atoms with Gasteiger partial charge in [-0.3, -0.25) is 9.48 Å². The number of amides is 1. The lowest BCUT2D eigenvalue weighted by Crippen LogP contribution is -2.27. The van der Waals surface area contributed by atoms with E-state index in [1.165, 1.54) is 0 Å². The summed E-state index contributed by atoms with van der Waals surface area (Å²) >= 11 is 5.83. The van der Waals surface area contributed by atoms with E-state index in [1.54, 1.807) is 23.0 Å². The van der Waals surface area contributed by atoms with E-state index < -0.39 is 0 Å². The molecule has 0 saturated carbocycles. The minimum Gasteiger partial charge on any atom is -0.344 e. The molecule has 2 aromatic rings. The van der Waals surface area contributed by atoms with Crippen molar-refractivity contribution in [3.8, 4) is 0 Å². The first-order chi connectivity index (χ1) is 9.60. The molecule has 0 aliphatic carbocycles. The van der Waals surface area contributed by atoms with Gasteiger partial charge in [-0.05, 0) is 24.6 Å². The molecule has 3 N–H and O–H groups in total. The van der Waals surface area contributed by atoms with E-state index in [0.29, 0.717) is 18.1 Å². The molecule has 106 valence electrons. The van der Waals surface area contributed by atoms with E-state index in [2.05, 4.69) is 15.6 Å². The molecule has 20 heavy (non-hydrogen) atoms. The molecule has 0 bridgehead atoms. The Labute approximate surface area is 121 Å². The van der Waals surface area contributed by atoms with Crippen molar-refractivity contribution in [1.29, 1.82) is 0 Å². The van der Waals surface area contributed by atoms with E-state index in [9.17, 15) is 4.79 Å². The van der Waals surface area contributed by atoms with Crippen LogP contribution < -0.4 is 11.1 Å². The summed E-state index contributed by atoms with van der Waals surface area (Å²) in [5.74, 6) is -0.268. The van der Waals surface area contributed by atoms with Gasteiger partial charge in [0.1, 0.15) is 0 Å². The summed E-state index contributed by atoms with van der Waals surface area (Å²) in [7, 11) is 0. The predicted octanol–water partition coefficient (Wildman–Crippen LogP) is 1.38. The van der Waals surface area contributed by atoms with E-state index in [1.807, 2.05) is 19.1 Å². The zero-order valence-corrected chi connectivity index (χ0v) is 11.8. The summed E-state index contributed by atoms with van der Waals surface area (Å²) in [6, 6.07) is 7.19. The topological polar surface area (TPSA) is 85.8 Å². The third-order valence-electron chi connectivity index (χ3n) is 2.85. The normalized spacial score (nSPS) is 12.2. The average Bonchev–Trinajstić information content (AvgIpc) is 2.88. The van der Waals surface area contributed by atoms with Crippen molar-refractivity contribution in [3.05, 3.63) is 46.7 Å². The molecule has 0 saturated heterocycles. The molecule has 6 nitrogen and oxygen atoms in total. The fourth-order valence-corrected chi connectivity index (χ4v) is 1.88. The van der Waals surface area contributed by atoms with Crippen molar-refractivity contribution in [1.82, 2.24) is 20.3 Å². The predicted molar refractivity (Wildman–Crippen MR) is 76.4 cm³/mol. The van der Waals surface area contributed by atoms with Crippen molar-refractivity contribution in [2.45, 2.75) is 19.5 Å². The van der Waals surface area contributed by atoms with Gasteiger partial charge in [0.15, 0.2) is 5.69 Å². The Bertz CT molecular complexity index is 581. The highest BCUT2D eigenvalue weighted by Gasteiger charge is 2.14. The highest BCUT2D eigenvalue weighted by atomic mass is 35.5. The van der Waals surface area contributed by atoms with Crippen molar-refractivity contribution >= 4 is 17.5 Å². The second kappa shape index (κ2) is 6.49. The van der Waals surface area contributed by atoms with Crippen LogP contribution >= 0.6 is 11.6 Å². The summed E-state index contributed by atoms with van der Waals surface area (Å²) in [4.78, 5) is 12.0.